The molecule has 7 nitrogen and oxygen atoms in total. The summed E-state index contributed by atoms with van der Waals surface area (Å²) in [5.74, 6) is -0.742. The predicted octanol–water partition coefficient (Wildman–Crippen LogP) is 2.02. The summed E-state index contributed by atoms with van der Waals surface area (Å²) in [6.45, 7) is 4.75. The Kier molecular flexibility index (Phi) is 6.34. The third-order valence-corrected chi connectivity index (χ3v) is 5.89. The number of amides is 1. The number of likely N-dealkylation sites (tertiary alicyclic amines) is 1. The Morgan fingerprint density at radius 3 is 2.35 bits per heavy atom. The molecule has 0 aromatic heterocycles. The summed E-state index contributed by atoms with van der Waals surface area (Å²) >= 11 is 0. The molecule has 0 unspecified atom stereocenters. The second-order valence-electron chi connectivity index (χ2n) is 7.72. The Balaban J connectivity index is 1.70. The lowest BCUT2D eigenvalue weighted by atomic mass is 9.95. The highest BCUT2D eigenvalue weighted by Crippen LogP contribution is 2.39. The fraction of sp³-hybridized carbons (Fsp3) is 0.333. The molecule has 2 aliphatic rings. The minimum Gasteiger partial charge on any atom is -0.507 e. The molecule has 2 aromatic rings. The second kappa shape index (κ2) is 9.32. The van der Waals surface area contributed by atoms with Crippen molar-refractivity contribution in [2.75, 3.05) is 46.4 Å². The van der Waals surface area contributed by atoms with Gasteiger partial charge in [0.25, 0.3) is 11.7 Å². The number of nitrogens with zero attached hydrogens (tertiary/aromatic N) is 2. The maximum Gasteiger partial charge on any atom is 0.295 e. The number of rotatable bonds is 6. The van der Waals surface area contributed by atoms with Gasteiger partial charge in [-0.25, -0.2) is 0 Å². The van der Waals surface area contributed by atoms with Crippen LogP contribution in [-0.4, -0.2) is 73.0 Å². The lowest BCUT2D eigenvalue weighted by Gasteiger charge is -2.31. The zero-order valence-electron chi connectivity index (χ0n) is 17.6. The van der Waals surface area contributed by atoms with E-state index in [-0.39, 0.29) is 11.3 Å². The predicted molar refractivity (Wildman–Crippen MR) is 118 cm³/mol. The molecular formula is C24H27N3O4. The van der Waals surface area contributed by atoms with Crippen molar-refractivity contribution < 1.29 is 19.4 Å². The smallest absolute Gasteiger partial charge is 0.295 e. The summed E-state index contributed by atoms with van der Waals surface area (Å²) in [5.41, 5.74) is 1.40. The maximum atomic E-state index is 13.0. The molecule has 0 spiro atoms. The van der Waals surface area contributed by atoms with Gasteiger partial charge in [0.15, 0.2) is 0 Å². The van der Waals surface area contributed by atoms with E-state index in [0.717, 1.165) is 31.7 Å². The SMILES string of the molecule is COc1ccc(/C(O)=C2\C(=O)C(=O)N(CCN3CCNCC3)[C@H]2c2ccccc2)cc1. The number of benzene rings is 2. The summed E-state index contributed by atoms with van der Waals surface area (Å²) in [5, 5.41) is 14.4. The first-order valence-corrected chi connectivity index (χ1v) is 10.5. The number of methoxy groups -OCH3 is 1. The van der Waals surface area contributed by atoms with Gasteiger partial charge in [-0.2, -0.15) is 0 Å². The van der Waals surface area contributed by atoms with E-state index in [0.29, 0.717) is 24.4 Å². The van der Waals surface area contributed by atoms with Crippen LogP contribution < -0.4 is 10.1 Å². The van der Waals surface area contributed by atoms with Crippen LogP contribution in [0, 0.1) is 0 Å². The quantitative estimate of drug-likeness (QED) is 0.422. The van der Waals surface area contributed by atoms with E-state index in [4.69, 9.17) is 4.74 Å². The number of aliphatic hydroxyl groups is 1. The van der Waals surface area contributed by atoms with Crippen molar-refractivity contribution in [1.29, 1.82) is 0 Å². The number of piperazine rings is 1. The highest BCUT2D eigenvalue weighted by molar-refractivity contribution is 6.46. The fourth-order valence-electron chi connectivity index (χ4n) is 4.18. The Bertz CT molecular complexity index is 966. The third kappa shape index (κ3) is 4.33. The molecule has 2 N–H and O–H groups in total. The first-order valence-electron chi connectivity index (χ1n) is 10.5. The lowest BCUT2D eigenvalue weighted by Crippen LogP contribution is -2.46. The van der Waals surface area contributed by atoms with Gasteiger partial charge in [0, 0.05) is 44.8 Å². The summed E-state index contributed by atoms with van der Waals surface area (Å²) in [6.07, 6.45) is 0. The van der Waals surface area contributed by atoms with Gasteiger partial charge in [0.2, 0.25) is 0 Å². The van der Waals surface area contributed by atoms with Gasteiger partial charge in [-0.3, -0.25) is 14.5 Å². The van der Waals surface area contributed by atoms with E-state index in [2.05, 4.69) is 10.2 Å². The molecule has 0 aliphatic carbocycles. The van der Waals surface area contributed by atoms with Crippen molar-refractivity contribution in [2.24, 2.45) is 0 Å². The van der Waals surface area contributed by atoms with Crippen LogP contribution in [0.2, 0.25) is 0 Å². The van der Waals surface area contributed by atoms with Gasteiger partial charge in [0.1, 0.15) is 11.5 Å². The van der Waals surface area contributed by atoms with Crippen molar-refractivity contribution in [2.45, 2.75) is 6.04 Å². The molecule has 2 fully saturated rings. The van der Waals surface area contributed by atoms with Gasteiger partial charge in [-0.15, -0.1) is 0 Å². The van der Waals surface area contributed by atoms with Crippen LogP contribution in [0.1, 0.15) is 17.2 Å². The fourth-order valence-corrected chi connectivity index (χ4v) is 4.18. The number of carbonyl (C=O) groups excluding carboxylic acids is 2. The van der Waals surface area contributed by atoms with E-state index in [1.165, 1.54) is 0 Å². The molecule has 0 radical (unpaired) electrons. The van der Waals surface area contributed by atoms with Crippen LogP contribution in [0.4, 0.5) is 0 Å². The van der Waals surface area contributed by atoms with Gasteiger partial charge in [-0.1, -0.05) is 30.3 Å². The minimum atomic E-state index is -0.650. The summed E-state index contributed by atoms with van der Waals surface area (Å²) in [7, 11) is 1.56. The molecule has 1 atom stereocenters. The largest absolute Gasteiger partial charge is 0.507 e. The molecule has 31 heavy (non-hydrogen) atoms. The monoisotopic (exact) mass is 421 g/mol. The molecule has 7 heteroatoms. The van der Waals surface area contributed by atoms with Crippen LogP contribution in [0.5, 0.6) is 5.75 Å². The zero-order valence-corrected chi connectivity index (χ0v) is 17.6. The van der Waals surface area contributed by atoms with Crippen molar-refractivity contribution in [1.82, 2.24) is 15.1 Å². The normalized spacial score (nSPS) is 21.5. The van der Waals surface area contributed by atoms with Crippen LogP contribution in [0.3, 0.4) is 0 Å². The highest BCUT2D eigenvalue weighted by atomic mass is 16.5. The Morgan fingerprint density at radius 1 is 1.03 bits per heavy atom. The molecule has 2 aliphatic heterocycles. The van der Waals surface area contributed by atoms with Crippen molar-refractivity contribution >= 4 is 17.4 Å². The average molecular weight is 421 g/mol. The lowest BCUT2D eigenvalue weighted by molar-refractivity contribution is -0.140. The van der Waals surface area contributed by atoms with E-state index >= 15 is 0 Å². The van der Waals surface area contributed by atoms with Crippen LogP contribution in [0.15, 0.2) is 60.2 Å². The van der Waals surface area contributed by atoms with E-state index < -0.39 is 17.7 Å². The van der Waals surface area contributed by atoms with Crippen molar-refractivity contribution in [3.63, 3.8) is 0 Å². The molecule has 2 heterocycles. The second-order valence-corrected chi connectivity index (χ2v) is 7.72. The molecule has 4 rings (SSSR count). The molecule has 1 amide bonds. The number of ketones is 1. The van der Waals surface area contributed by atoms with Gasteiger partial charge in [0.05, 0.1) is 18.7 Å². The number of Topliss-reactive ketones (excluding diaryl/α,β-unsaturated/α-hetero) is 1. The maximum absolute atomic E-state index is 13.0. The zero-order chi connectivity index (χ0) is 21.8. The Morgan fingerprint density at radius 2 is 1.71 bits per heavy atom. The Labute approximate surface area is 181 Å². The van der Waals surface area contributed by atoms with E-state index in [1.807, 2.05) is 30.3 Å². The number of nitrogens with one attached hydrogen (secondary N) is 1. The van der Waals surface area contributed by atoms with E-state index in [9.17, 15) is 14.7 Å². The Hall–Kier alpha value is -3.16. The highest BCUT2D eigenvalue weighted by Gasteiger charge is 2.45. The number of aliphatic hydroxyl groups excluding tert-OH is 1. The number of carbonyl (C=O) groups is 2. The average Bonchev–Trinajstić information content (AvgIpc) is 3.08. The standard InChI is InChI=1S/C24H27N3O4/c1-31-19-9-7-18(8-10-19)22(28)20-21(17-5-3-2-4-6-17)27(24(30)23(20)29)16-15-26-13-11-25-12-14-26/h2-10,21,25,28H,11-16H2,1H3/b22-20+/t21-/m0/s1. The molecular weight excluding hydrogens is 394 g/mol. The van der Waals surface area contributed by atoms with Gasteiger partial charge >= 0.3 is 0 Å². The molecule has 0 bridgehead atoms. The first-order chi connectivity index (χ1) is 15.1. The minimum absolute atomic E-state index is 0.127. The van der Waals surface area contributed by atoms with Gasteiger partial charge in [-0.05, 0) is 29.8 Å². The topological polar surface area (TPSA) is 82.1 Å². The number of ether oxygens (including phenoxy) is 1. The van der Waals surface area contributed by atoms with Crippen molar-refractivity contribution in [3.05, 3.63) is 71.3 Å². The van der Waals surface area contributed by atoms with Gasteiger partial charge < -0.3 is 20.1 Å². The van der Waals surface area contributed by atoms with Crippen LogP contribution in [-0.2, 0) is 9.59 Å². The molecule has 2 saturated heterocycles. The first kappa shape index (κ1) is 21.1. The number of hydrogen-bond acceptors (Lipinski definition) is 6. The third-order valence-electron chi connectivity index (χ3n) is 5.89. The molecule has 162 valence electrons. The number of hydrogen-bond donors (Lipinski definition) is 2. The van der Waals surface area contributed by atoms with Crippen molar-refractivity contribution in [3.8, 4) is 5.75 Å². The summed E-state index contributed by atoms with van der Waals surface area (Å²) < 4.78 is 5.17. The van der Waals surface area contributed by atoms with Crippen LogP contribution >= 0.6 is 0 Å². The molecule has 0 saturated carbocycles. The molecule has 2 aromatic carbocycles. The summed E-state index contributed by atoms with van der Waals surface area (Å²) in [6, 6.07) is 15.6. The van der Waals surface area contributed by atoms with Crippen LogP contribution in [0.25, 0.3) is 5.76 Å². The van der Waals surface area contributed by atoms with E-state index in [1.54, 1.807) is 36.3 Å². The summed E-state index contributed by atoms with van der Waals surface area (Å²) in [4.78, 5) is 29.9.